The van der Waals surface area contributed by atoms with Gasteiger partial charge in [0.05, 0.1) is 22.0 Å². The largest absolute Gasteiger partial charge is 0.397 e. The summed E-state index contributed by atoms with van der Waals surface area (Å²) in [6.45, 7) is 2.23. The van der Waals surface area contributed by atoms with Crippen molar-refractivity contribution in [3.8, 4) is 0 Å². The van der Waals surface area contributed by atoms with E-state index in [0.717, 1.165) is 6.42 Å². The fourth-order valence-corrected chi connectivity index (χ4v) is 2.96. The van der Waals surface area contributed by atoms with Crippen LogP contribution in [0.15, 0.2) is 23.1 Å². The average Bonchev–Trinajstić information content (AvgIpc) is 2.75. The molecule has 1 amide bonds. The maximum Gasteiger partial charge on any atom is 0.227 e. The fraction of sp³-hybridized carbons (Fsp3) is 0.417. The number of benzene rings is 1. The van der Waals surface area contributed by atoms with E-state index in [2.05, 4.69) is 0 Å². The number of nitrogen functional groups attached to an aromatic ring is 1. The summed E-state index contributed by atoms with van der Waals surface area (Å²) in [5.41, 5.74) is 6.79. The molecule has 0 unspecified atom stereocenters. The Morgan fingerprint density at radius 2 is 2.11 bits per heavy atom. The van der Waals surface area contributed by atoms with Crippen molar-refractivity contribution in [1.29, 1.82) is 0 Å². The van der Waals surface area contributed by atoms with Crippen LogP contribution in [0.25, 0.3) is 0 Å². The van der Waals surface area contributed by atoms with Crippen LogP contribution in [0.3, 0.4) is 0 Å². The Balaban J connectivity index is 2.40. The molecular formula is C12H16N2O3S. The van der Waals surface area contributed by atoms with Crippen LogP contribution in [-0.2, 0) is 14.6 Å². The third-order valence-corrected chi connectivity index (χ3v) is 4.83. The van der Waals surface area contributed by atoms with Crippen molar-refractivity contribution in [1.82, 2.24) is 0 Å². The highest BCUT2D eigenvalue weighted by Gasteiger charge is 2.24. The van der Waals surface area contributed by atoms with E-state index in [1.807, 2.05) is 0 Å². The van der Waals surface area contributed by atoms with E-state index in [0.29, 0.717) is 24.3 Å². The van der Waals surface area contributed by atoms with Gasteiger partial charge < -0.3 is 10.6 Å². The van der Waals surface area contributed by atoms with E-state index >= 15 is 0 Å². The molecule has 0 radical (unpaired) electrons. The van der Waals surface area contributed by atoms with Gasteiger partial charge in [-0.15, -0.1) is 0 Å². The lowest BCUT2D eigenvalue weighted by molar-refractivity contribution is -0.117. The second kappa shape index (κ2) is 4.61. The van der Waals surface area contributed by atoms with Gasteiger partial charge in [-0.3, -0.25) is 4.79 Å². The van der Waals surface area contributed by atoms with Crippen LogP contribution < -0.4 is 10.6 Å². The summed E-state index contributed by atoms with van der Waals surface area (Å²) in [4.78, 5) is 13.4. The second-order valence-electron chi connectivity index (χ2n) is 4.27. The van der Waals surface area contributed by atoms with Crippen LogP contribution in [-0.4, -0.2) is 26.6 Å². The zero-order chi connectivity index (χ0) is 13.3. The third kappa shape index (κ3) is 2.20. The number of amides is 1. The minimum atomic E-state index is -3.26. The van der Waals surface area contributed by atoms with E-state index in [1.165, 1.54) is 12.1 Å². The molecule has 1 saturated heterocycles. The van der Waals surface area contributed by atoms with E-state index in [9.17, 15) is 13.2 Å². The fourth-order valence-electron chi connectivity index (χ4n) is 2.04. The first-order chi connectivity index (χ1) is 8.45. The monoisotopic (exact) mass is 268 g/mol. The van der Waals surface area contributed by atoms with Crippen LogP contribution in [0.2, 0.25) is 0 Å². The summed E-state index contributed by atoms with van der Waals surface area (Å²) >= 11 is 0. The molecule has 0 aromatic heterocycles. The molecule has 6 heteroatoms. The number of nitrogens with two attached hydrogens (primary N) is 1. The number of carbonyl (C=O) groups excluding carboxylic acids is 1. The standard InChI is InChI=1S/C12H16N2O3S/c1-2-18(16,17)9-5-6-11(10(13)8-9)14-7-3-4-12(14)15/h5-6,8H,2-4,7,13H2,1H3. The zero-order valence-electron chi connectivity index (χ0n) is 10.2. The molecule has 2 N–H and O–H groups in total. The molecule has 0 atom stereocenters. The molecule has 0 aliphatic carbocycles. The number of hydrogen-bond donors (Lipinski definition) is 1. The van der Waals surface area contributed by atoms with E-state index in [-0.39, 0.29) is 16.6 Å². The van der Waals surface area contributed by atoms with Gasteiger partial charge >= 0.3 is 0 Å². The number of rotatable bonds is 3. The third-order valence-electron chi connectivity index (χ3n) is 3.10. The lowest BCUT2D eigenvalue weighted by Crippen LogP contribution is -2.24. The Hall–Kier alpha value is -1.56. The van der Waals surface area contributed by atoms with Gasteiger partial charge in [0.15, 0.2) is 9.84 Å². The van der Waals surface area contributed by atoms with Crippen molar-refractivity contribution >= 4 is 27.1 Å². The first-order valence-corrected chi connectivity index (χ1v) is 7.53. The highest BCUT2D eigenvalue weighted by Crippen LogP contribution is 2.29. The summed E-state index contributed by atoms with van der Waals surface area (Å²) in [6, 6.07) is 4.55. The van der Waals surface area contributed by atoms with Crippen LogP contribution >= 0.6 is 0 Å². The van der Waals surface area contributed by atoms with Crippen molar-refractivity contribution in [3.63, 3.8) is 0 Å². The first-order valence-electron chi connectivity index (χ1n) is 5.88. The van der Waals surface area contributed by atoms with E-state index < -0.39 is 9.84 Å². The lowest BCUT2D eigenvalue weighted by atomic mass is 10.2. The van der Waals surface area contributed by atoms with Gasteiger partial charge in [-0.05, 0) is 24.6 Å². The Kier molecular flexibility index (Phi) is 3.30. The summed E-state index contributed by atoms with van der Waals surface area (Å²) in [7, 11) is -3.26. The van der Waals surface area contributed by atoms with Crippen molar-refractivity contribution in [3.05, 3.63) is 18.2 Å². The van der Waals surface area contributed by atoms with Gasteiger partial charge in [-0.25, -0.2) is 8.42 Å². The molecule has 1 heterocycles. The zero-order valence-corrected chi connectivity index (χ0v) is 11.0. The molecule has 1 fully saturated rings. The Labute approximate surface area is 107 Å². The number of carbonyl (C=O) groups is 1. The van der Waals surface area contributed by atoms with Crippen LogP contribution in [0.1, 0.15) is 19.8 Å². The lowest BCUT2D eigenvalue weighted by Gasteiger charge is -2.18. The molecule has 5 nitrogen and oxygen atoms in total. The SMILES string of the molecule is CCS(=O)(=O)c1ccc(N2CCCC2=O)c(N)c1. The molecule has 18 heavy (non-hydrogen) atoms. The smallest absolute Gasteiger partial charge is 0.227 e. The molecule has 0 bridgehead atoms. The van der Waals surface area contributed by atoms with Gasteiger partial charge in [0, 0.05) is 13.0 Å². The Morgan fingerprint density at radius 1 is 1.39 bits per heavy atom. The molecule has 1 aliphatic rings. The summed E-state index contributed by atoms with van der Waals surface area (Å²) in [5, 5.41) is 0. The van der Waals surface area contributed by atoms with Gasteiger partial charge in [0.1, 0.15) is 0 Å². The molecular weight excluding hydrogens is 252 g/mol. The van der Waals surface area contributed by atoms with Gasteiger partial charge in [-0.2, -0.15) is 0 Å². The quantitative estimate of drug-likeness (QED) is 0.835. The average molecular weight is 268 g/mol. The van der Waals surface area contributed by atoms with Gasteiger partial charge in [0.25, 0.3) is 0 Å². The molecule has 1 aromatic rings. The molecule has 1 aliphatic heterocycles. The molecule has 0 saturated carbocycles. The topological polar surface area (TPSA) is 80.5 Å². The maximum absolute atomic E-state index is 11.7. The van der Waals surface area contributed by atoms with Crippen LogP contribution in [0, 0.1) is 0 Å². The molecule has 98 valence electrons. The van der Waals surface area contributed by atoms with Crippen molar-refractivity contribution in [2.45, 2.75) is 24.7 Å². The Bertz CT molecular complexity index is 581. The highest BCUT2D eigenvalue weighted by atomic mass is 32.2. The van der Waals surface area contributed by atoms with Crippen LogP contribution in [0.5, 0.6) is 0 Å². The Morgan fingerprint density at radius 3 is 2.61 bits per heavy atom. The molecule has 1 aromatic carbocycles. The summed E-state index contributed by atoms with van der Waals surface area (Å²) in [6.07, 6.45) is 1.34. The second-order valence-corrected chi connectivity index (χ2v) is 6.55. The number of hydrogen-bond acceptors (Lipinski definition) is 4. The molecule has 0 spiro atoms. The van der Waals surface area contributed by atoms with Gasteiger partial charge in [-0.1, -0.05) is 6.92 Å². The molecule has 2 rings (SSSR count). The first kappa shape index (κ1) is 12.9. The van der Waals surface area contributed by atoms with Crippen molar-refractivity contribution < 1.29 is 13.2 Å². The van der Waals surface area contributed by atoms with E-state index in [4.69, 9.17) is 5.73 Å². The van der Waals surface area contributed by atoms with Crippen molar-refractivity contribution in [2.75, 3.05) is 22.9 Å². The predicted molar refractivity (Wildman–Crippen MR) is 70.2 cm³/mol. The number of sulfone groups is 1. The van der Waals surface area contributed by atoms with E-state index in [1.54, 1.807) is 17.9 Å². The highest BCUT2D eigenvalue weighted by molar-refractivity contribution is 7.91. The minimum absolute atomic E-state index is 0.0350. The maximum atomic E-state index is 11.7. The van der Waals surface area contributed by atoms with Crippen molar-refractivity contribution in [2.24, 2.45) is 0 Å². The van der Waals surface area contributed by atoms with Crippen LogP contribution in [0.4, 0.5) is 11.4 Å². The number of anilines is 2. The minimum Gasteiger partial charge on any atom is -0.397 e. The normalized spacial score (nSPS) is 16.3. The predicted octanol–water partition coefficient (Wildman–Crippen LogP) is 1.19. The number of nitrogens with zero attached hydrogens (tertiary/aromatic N) is 1. The van der Waals surface area contributed by atoms with Gasteiger partial charge in [0.2, 0.25) is 5.91 Å². The summed E-state index contributed by atoms with van der Waals surface area (Å²) < 4.78 is 23.4. The summed E-state index contributed by atoms with van der Waals surface area (Å²) in [5.74, 6) is 0.0711.